The van der Waals surface area contributed by atoms with Crippen molar-refractivity contribution in [1.29, 1.82) is 0 Å². The SMILES string of the molecule is COc1ccc(OC)c(/C=C2\SC(=S)N([C@H](CC(=O)O)C(=O)O)C2=O)c1. The highest BCUT2D eigenvalue weighted by molar-refractivity contribution is 8.26. The van der Waals surface area contributed by atoms with Crippen molar-refractivity contribution < 1.29 is 34.1 Å². The first-order valence-corrected chi connectivity index (χ1v) is 8.44. The quantitative estimate of drug-likeness (QED) is 0.525. The summed E-state index contributed by atoms with van der Waals surface area (Å²) in [5.41, 5.74) is 0.539. The Morgan fingerprint density at radius 1 is 1.31 bits per heavy atom. The number of carboxylic acids is 2. The first-order chi connectivity index (χ1) is 12.3. The van der Waals surface area contributed by atoms with Gasteiger partial charge < -0.3 is 19.7 Å². The highest BCUT2D eigenvalue weighted by Crippen LogP contribution is 2.36. The number of amides is 1. The monoisotopic (exact) mass is 397 g/mol. The predicted molar refractivity (Wildman–Crippen MR) is 98.2 cm³/mol. The maximum atomic E-state index is 12.6. The third-order valence-electron chi connectivity index (χ3n) is 3.51. The van der Waals surface area contributed by atoms with Crippen LogP contribution in [-0.2, 0) is 14.4 Å². The molecule has 8 nitrogen and oxygen atoms in total. The van der Waals surface area contributed by atoms with Gasteiger partial charge in [-0.25, -0.2) is 4.79 Å². The van der Waals surface area contributed by atoms with E-state index < -0.39 is 30.3 Å². The number of hydrogen-bond acceptors (Lipinski definition) is 7. The Morgan fingerprint density at radius 3 is 2.54 bits per heavy atom. The summed E-state index contributed by atoms with van der Waals surface area (Å²) in [5.74, 6) is -2.43. The molecule has 1 atom stereocenters. The lowest BCUT2D eigenvalue weighted by Gasteiger charge is -2.21. The summed E-state index contributed by atoms with van der Waals surface area (Å²) in [6.07, 6.45) is 0.748. The molecule has 2 rings (SSSR count). The number of thioether (sulfide) groups is 1. The van der Waals surface area contributed by atoms with Crippen LogP contribution in [0, 0.1) is 0 Å². The first-order valence-electron chi connectivity index (χ1n) is 7.22. The number of aliphatic carboxylic acids is 2. The Hall–Kier alpha value is -2.59. The topological polar surface area (TPSA) is 113 Å². The van der Waals surface area contributed by atoms with Crippen molar-refractivity contribution in [1.82, 2.24) is 4.90 Å². The third-order valence-corrected chi connectivity index (χ3v) is 4.84. The summed E-state index contributed by atoms with van der Waals surface area (Å²) in [7, 11) is 2.96. The lowest BCUT2D eigenvalue weighted by molar-refractivity contribution is -0.150. The van der Waals surface area contributed by atoms with Gasteiger partial charge in [0.05, 0.1) is 25.5 Å². The summed E-state index contributed by atoms with van der Waals surface area (Å²) in [5, 5.41) is 18.2. The number of thiocarbonyl (C=S) groups is 1. The smallest absolute Gasteiger partial charge is 0.327 e. The maximum Gasteiger partial charge on any atom is 0.327 e. The molecule has 1 heterocycles. The van der Waals surface area contributed by atoms with E-state index in [2.05, 4.69) is 0 Å². The molecule has 0 radical (unpaired) electrons. The largest absolute Gasteiger partial charge is 0.497 e. The number of ether oxygens (including phenoxy) is 2. The molecule has 1 amide bonds. The molecule has 0 saturated carbocycles. The summed E-state index contributed by atoms with van der Waals surface area (Å²) in [6.45, 7) is 0. The van der Waals surface area contributed by atoms with Gasteiger partial charge in [-0.15, -0.1) is 0 Å². The molecule has 2 N–H and O–H groups in total. The van der Waals surface area contributed by atoms with Gasteiger partial charge in [-0.3, -0.25) is 14.5 Å². The molecule has 138 valence electrons. The van der Waals surface area contributed by atoms with Gasteiger partial charge in [0.1, 0.15) is 21.9 Å². The van der Waals surface area contributed by atoms with Crippen LogP contribution in [0.4, 0.5) is 0 Å². The summed E-state index contributed by atoms with van der Waals surface area (Å²) in [6, 6.07) is 3.43. The van der Waals surface area contributed by atoms with E-state index in [9.17, 15) is 19.5 Å². The van der Waals surface area contributed by atoms with Gasteiger partial charge in [0.15, 0.2) is 0 Å². The molecule has 1 aromatic carbocycles. The molecule has 0 aliphatic carbocycles. The third kappa shape index (κ3) is 4.14. The molecule has 1 fully saturated rings. The van der Waals surface area contributed by atoms with Crippen molar-refractivity contribution in [2.45, 2.75) is 12.5 Å². The van der Waals surface area contributed by atoms with E-state index >= 15 is 0 Å². The van der Waals surface area contributed by atoms with E-state index in [0.717, 1.165) is 16.7 Å². The molecule has 1 aliphatic rings. The highest BCUT2D eigenvalue weighted by Gasteiger charge is 2.41. The average molecular weight is 397 g/mol. The van der Waals surface area contributed by atoms with Crippen LogP contribution in [0.1, 0.15) is 12.0 Å². The van der Waals surface area contributed by atoms with E-state index in [4.69, 9.17) is 26.8 Å². The normalized spacial score (nSPS) is 16.7. The van der Waals surface area contributed by atoms with Gasteiger partial charge in [-0.1, -0.05) is 24.0 Å². The number of rotatable bonds is 7. The molecule has 1 aromatic rings. The van der Waals surface area contributed by atoms with Crippen molar-refractivity contribution in [3.05, 3.63) is 28.7 Å². The molecule has 1 saturated heterocycles. The molecule has 26 heavy (non-hydrogen) atoms. The first kappa shape index (κ1) is 19.7. The summed E-state index contributed by atoms with van der Waals surface area (Å²) in [4.78, 5) is 35.9. The molecular formula is C16H15NO7S2. The van der Waals surface area contributed by atoms with Crippen molar-refractivity contribution in [2.75, 3.05) is 14.2 Å². The molecule has 0 spiro atoms. The summed E-state index contributed by atoms with van der Waals surface area (Å²) < 4.78 is 10.4. The predicted octanol–water partition coefficient (Wildman–Crippen LogP) is 1.83. The fourth-order valence-electron chi connectivity index (χ4n) is 2.30. The molecule has 10 heteroatoms. The van der Waals surface area contributed by atoms with Crippen LogP contribution < -0.4 is 9.47 Å². The van der Waals surface area contributed by atoms with Gasteiger partial charge in [-0.05, 0) is 24.3 Å². The Kier molecular flexibility index (Phi) is 6.22. The van der Waals surface area contributed by atoms with Crippen LogP contribution in [0.2, 0.25) is 0 Å². The lowest BCUT2D eigenvalue weighted by Crippen LogP contribution is -2.45. The Bertz CT molecular complexity index is 806. The summed E-state index contributed by atoms with van der Waals surface area (Å²) >= 11 is 5.98. The van der Waals surface area contributed by atoms with E-state index in [-0.39, 0.29) is 9.23 Å². The average Bonchev–Trinajstić information content (AvgIpc) is 2.86. The number of methoxy groups -OCH3 is 2. The second-order valence-corrected chi connectivity index (χ2v) is 6.79. The van der Waals surface area contributed by atoms with Crippen LogP contribution in [-0.4, -0.2) is 57.5 Å². The molecule has 0 bridgehead atoms. The Labute approximate surface area is 158 Å². The fourth-order valence-corrected chi connectivity index (χ4v) is 3.64. The zero-order chi connectivity index (χ0) is 19.4. The number of carboxylic acid groups (broad SMARTS) is 2. The van der Waals surface area contributed by atoms with Crippen molar-refractivity contribution in [3.63, 3.8) is 0 Å². The van der Waals surface area contributed by atoms with Gasteiger partial charge in [0, 0.05) is 5.56 Å². The molecule has 1 aliphatic heterocycles. The fraction of sp³-hybridized carbons (Fsp3) is 0.250. The second kappa shape index (κ2) is 8.19. The Balaban J connectivity index is 2.40. The van der Waals surface area contributed by atoms with Crippen molar-refractivity contribution in [2.24, 2.45) is 0 Å². The molecular weight excluding hydrogens is 382 g/mol. The number of benzene rings is 1. The number of carbonyl (C=O) groups excluding carboxylic acids is 1. The van der Waals surface area contributed by atoms with Gasteiger partial charge in [-0.2, -0.15) is 0 Å². The number of nitrogens with zero attached hydrogens (tertiary/aromatic N) is 1. The van der Waals surface area contributed by atoms with Crippen LogP contribution in [0.3, 0.4) is 0 Å². The van der Waals surface area contributed by atoms with Crippen LogP contribution in [0.15, 0.2) is 23.1 Å². The molecule has 0 unspecified atom stereocenters. The van der Waals surface area contributed by atoms with Crippen molar-refractivity contribution in [3.8, 4) is 11.5 Å². The minimum Gasteiger partial charge on any atom is -0.497 e. The van der Waals surface area contributed by atoms with Crippen molar-refractivity contribution >= 4 is 52.2 Å². The highest BCUT2D eigenvalue weighted by atomic mass is 32.2. The van der Waals surface area contributed by atoms with Gasteiger partial charge >= 0.3 is 11.9 Å². The zero-order valence-corrected chi connectivity index (χ0v) is 15.4. The maximum absolute atomic E-state index is 12.6. The van der Waals surface area contributed by atoms with Crippen LogP contribution >= 0.6 is 24.0 Å². The van der Waals surface area contributed by atoms with Gasteiger partial charge in [0.2, 0.25) is 0 Å². The number of carbonyl (C=O) groups is 3. The standard InChI is InChI=1S/C16H15NO7S2/c1-23-9-3-4-11(24-2)8(5-9)6-12-14(20)17(16(25)26-12)10(15(21)22)7-13(18)19/h3-6,10H,7H2,1-2H3,(H,18,19)(H,21,22)/b12-6-/t10-/m1/s1. The second-order valence-electron chi connectivity index (χ2n) is 5.11. The van der Waals surface area contributed by atoms with Crippen LogP contribution in [0.25, 0.3) is 6.08 Å². The van der Waals surface area contributed by atoms with E-state index in [1.807, 2.05) is 0 Å². The van der Waals surface area contributed by atoms with E-state index in [1.54, 1.807) is 18.2 Å². The van der Waals surface area contributed by atoms with E-state index in [1.165, 1.54) is 20.3 Å². The zero-order valence-electron chi connectivity index (χ0n) is 13.8. The minimum atomic E-state index is -1.57. The minimum absolute atomic E-state index is 0.0169. The Morgan fingerprint density at radius 2 is 2.00 bits per heavy atom. The van der Waals surface area contributed by atoms with Crippen LogP contribution in [0.5, 0.6) is 11.5 Å². The molecule has 0 aromatic heterocycles. The van der Waals surface area contributed by atoms with Gasteiger partial charge in [0.25, 0.3) is 5.91 Å². The number of hydrogen-bond donors (Lipinski definition) is 2. The lowest BCUT2D eigenvalue weighted by atomic mass is 10.1. The van der Waals surface area contributed by atoms with E-state index in [0.29, 0.717) is 17.1 Å².